The topological polar surface area (TPSA) is 40.9 Å². The van der Waals surface area contributed by atoms with E-state index in [1.807, 2.05) is 0 Å². The van der Waals surface area contributed by atoms with E-state index in [1.165, 1.54) is 0 Å². The summed E-state index contributed by atoms with van der Waals surface area (Å²) in [5, 5.41) is 8.60. The van der Waals surface area contributed by atoms with Crippen LogP contribution in [0.5, 0.6) is 0 Å². The minimum Gasteiger partial charge on any atom is -0.293 e. The van der Waals surface area contributed by atoms with Crippen molar-refractivity contribution in [3.8, 4) is 6.07 Å². The van der Waals surface area contributed by atoms with Gasteiger partial charge in [0.15, 0.2) is 5.78 Å². The number of benzene rings is 1. The summed E-state index contributed by atoms with van der Waals surface area (Å²) in [7, 11) is 0. The van der Waals surface area contributed by atoms with Crippen molar-refractivity contribution in [3.63, 3.8) is 0 Å². The first kappa shape index (κ1) is 14.7. The second-order valence-corrected chi connectivity index (χ2v) is 5.06. The van der Waals surface area contributed by atoms with Gasteiger partial charge in [-0.05, 0) is 24.6 Å². The summed E-state index contributed by atoms with van der Waals surface area (Å²) in [5.74, 6) is -0.339. The first-order valence-corrected chi connectivity index (χ1v) is 5.94. The molecule has 1 unspecified atom stereocenters. The van der Waals surface area contributed by atoms with Gasteiger partial charge < -0.3 is 0 Å². The Morgan fingerprint density at radius 2 is 2.11 bits per heavy atom. The van der Waals surface area contributed by atoms with Crippen molar-refractivity contribution < 1.29 is 18.0 Å². The van der Waals surface area contributed by atoms with Gasteiger partial charge in [0.05, 0.1) is 22.9 Å². The zero-order valence-electron chi connectivity index (χ0n) is 9.38. The Balaban J connectivity index is 3.30. The highest BCUT2D eigenvalue weighted by Gasteiger charge is 2.31. The summed E-state index contributed by atoms with van der Waals surface area (Å²) >= 11 is 3.07. The van der Waals surface area contributed by atoms with Crippen LogP contribution >= 0.6 is 15.9 Å². The molecule has 1 rings (SSSR count). The highest BCUT2D eigenvalue weighted by molar-refractivity contribution is 9.10. The van der Waals surface area contributed by atoms with Crippen molar-refractivity contribution in [1.29, 1.82) is 5.26 Å². The highest BCUT2D eigenvalue weighted by atomic mass is 79.9. The number of nitriles is 1. The molecule has 0 aromatic heterocycles. The SMILES string of the molecule is CC(Br)C(=O)c1ccc(C(F)(F)F)cc1CC#N. The monoisotopic (exact) mass is 319 g/mol. The maximum absolute atomic E-state index is 12.5. The van der Waals surface area contributed by atoms with Crippen LogP contribution in [0.1, 0.15) is 28.4 Å². The average molecular weight is 320 g/mol. The molecular weight excluding hydrogens is 311 g/mol. The van der Waals surface area contributed by atoms with E-state index in [0.717, 1.165) is 18.2 Å². The Bertz CT molecular complexity index is 503. The summed E-state index contributed by atoms with van der Waals surface area (Å²) in [6.07, 6.45) is -4.71. The van der Waals surface area contributed by atoms with E-state index in [-0.39, 0.29) is 23.3 Å². The van der Waals surface area contributed by atoms with E-state index in [9.17, 15) is 18.0 Å². The van der Waals surface area contributed by atoms with Gasteiger partial charge in [0.25, 0.3) is 0 Å². The second-order valence-electron chi connectivity index (χ2n) is 3.68. The smallest absolute Gasteiger partial charge is 0.293 e. The summed E-state index contributed by atoms with van der Waals surface area (Å²) in [4.78, 5) is 11.3. The number of hydrogen-bond acceptors (Lipinski definition) is 2. The summed E-state index contributed by atoms with van der Waals surface area (Å²) in [6.45, 7) is 1.58. The van der Waals surface area contributed by atoms with Crippen LogP contribution in [-0.4, -0.2) is 10.6 Å². The van der Waals surface area contributed by atoms with Gasteiger partial charge in [-0.1, -0.05) is 22.0 Å². The van der Waals surface area contributed by atoms with Crippen LogP contribution < -0.4 is 0 Å². The van der Waals surface area contributed by atoms with Crippen molar-refractivity contribution in [2.24, 2.45) is 0 Å². The van der Waals surface area contributed by atoms with Gasteiger partial charge >= 0.3 is 6.18 Å². The fourth-order valence-electron chi connectivity index (χ4n) is 1.46. The van der Waals surface area contributed by atoms with Gasteiger partial charge in [-0.15, -0.1) is 0 Å². The van der Waals surface area contributed by atoms with Gasteiger partial charge in [-0.3, -0.25) is 4.79 Å². The number of carbonyl (C=O) groups is 1. The molecule has 0 aliphatic heterocycles. The molecule has 0 radical (unpaired) electrons. The highest BCUT2D eigenvalue weighted by Crippen LogP contribution is 2.31. The van der Waals surface area contributed by atoms with Gasteiger partial charge in [0.2, 0.25) is 0 Å². The molecule has 0 saturated carbocycles. The third-order valence-corrected chi connectivity index (χ3v) is 2.74. The molecule has 0 aliphatic rings. The number of carbonyl (C=O) groups excluding carboxylic acids is 1. The number of Topliss-reactive ketones (excluding diaryl/α,β-unsaturated/α-hetero) is 1. The standard InChI is InChI=1S/C12H9BrF3NO/c1-7(13)11(18)10-3-2-9(12(14,15)16)6-8(10)4-5-17/h2-3,6-7H,4H2,1H3. The molecule has 0 heterocycles. The molecule has 0 fully saturated rings. The summed E-state index contributed by atoms with van der Waals surface area (Å²) in [5.41, 5.74) is -0.607. The van der Waals surface area contributed by atoms with Crippen molar-refractivity contribution in [2.45, 2.75) is 24.3 Å². The lowest BCUT2D eigenvalue weighted by molar-refractivity contribution is -0.137. The maximum atomic E-state index is 12.5. The molecule has 18 heavy (non-hydrogen) atoms. The molecule has 0 N–H and O–H groups in total. The number of ketones is 1. The van der Waals surface area contributed by atoms with Gasteiger partial charge in [-0.2, -0.15) is 18.4 Å². The summed E-state index contributed by atoms with van der Waals surface area (Å²) in [6, 6.07) is 4.59. The molecule has 1 atom stereocenters. The molecule has 0 saturated heterocycles. The Kier molecular flexibility index (Phi) is 4.52. The van der Waals surface area contributed by atoms with Crippen molar-refractivity contribution >= 4 is 21.7 Å². The van der Waals surface area contributed by atoms with Gasteiger partial charge in [-0.25, -0.2) is 0 Å². The lowest BCUT2D eigenvalue weighted by Gasteiger charge is -2.12. The predicted octanol–water partition coefficient (Wildman–Crippen LogP) is 3.74. The summed E-state index contributed by atoms with van der Waals surface area (Å²) < 4.78 is 37.6. The van der Waals surface area contributed by atoms with E-state index in [4.69, 9.17) is 5.26 Å². The number of nitrogens with zero attached hydrogens (tertiary/aromatic N) is 1. The van der Waals surface area contributed by atoms with E-state index >= 15 is 0 Å². The third-order valence-electron chi connectivity index (χ3n) is 2.33. The van der Waals surface area contributed by atoms with Crippen LogP contribution in [-0.2, 0) is 12.6 Å². The quantitative estimate of drug-likeness (QED) is 0.629. The average Bonchev–Trinajstić information content (AvgIpc) is 2.27. The van der Waals surface area contributed by atoms with Crippen molar-refractivity contribution in [3.05, 3.63) is 34.9 Å². The zero-order valence-corrected chi connectivity index (χ0v) is 11.0. The Labute approximate surface area is 111 Å². The first-order chi connectivity index (χ1) is 8.27. The van der Waals surface area contributed by atoms with E-state index in [2.05, 4.69) is 15.9 Å². The van der Waals surface area contributed by atoms with Gasteiger partial charge in [0.1, 0.15) is 0 Å². The molecule has 1 aromatic carbocycles. The largest absolute Gasteiger partial charge is 0.416 e. The van der Waals surface area contributed by atoms with E-state index < -0.39 is 16.6 Å². The fourth-order valence-corrected chi connectivity index (χ4v) is 1.70. The number of alkyl halides is 4. The Morgan fingerprint density at radius 1 is 1.50 bits per heavy atom. The molecule has 0 bridgehead atoms. The Hall–Kier alpha value is -1.35. The van der Waals surface area contributed by atoms with Crippen molar-refractivity contribution in [1.82, 2.24) is 0 Å². The molecular formula is C12H9BrF3NO. The lowest BCUT2D eigenvalue weighted by atomic mass is 9.97. The third kappa shape index (κ3) is 3.33. The van der Waals surface area contributed by atoms with Gasteiger partial charge in [0, 0.05) is 5.56 Å². The van der Waals surface area contributed by atoms with E-state index in [1.54, 1.807) is 13.0 Å². The molecule has 96 valence electrons. The normalized spacial score (nSPS) is 12.9. The lowest BCUT2D eigenvalue weighted by Crippen LogP contribution is -2.14. The fraction of sp³-hybridized carbons (Fsp3) is 0.333. The molecule has 2 nitrogen and oxygen atoms in total. The first-order valence-electron chi connectivity index (χ1n) is 5.02. The number of halogens is 4. The minimum absolute atomic E-state index is 0.101. The zero-order chi connectivity index (χ0) is 13.9. The Morgan fingerprint density at radius 3 is 2.56 bits per heavy atom. The van der Waals surface area contributed by atoms with Crippen LogP contribution in [0.2, 0.25) is 0 Å². The molecule has 1 aromatic rings. The molecule has 0 aliphatic carbocycles. The van der Waals surface area contributed by atoms with Crippen LogP contribution in [0, 0.1) is 11.3 Å². The minimum atomic E-state index is -4.48. The number of hydrogen-bond donors (Lipinski definition) is 0. The molecule has 0 spiro atoms. The predicted molar refractivity (Wildman–Crippen MR) is 63.5 cm³/mol. The maximum Gasteiger partial charge on any atom is 0.416 e. The molecule has 0 amide bonds. The van der Waals surface area contributed by atoms with Crippen molar-refractivity contribution in [2.75, 3.05) is 0 Å². The van der Waals surface area contributed by atoms with Crippen LogP contribution in [0.15, 0.2) is 18.2 Å². The van der Waals surface area contributed by atoms with E-state index in [0.29, 0.717) is 0 Å². The second kappa shape index (κ2) is 5.53. The van der Waals surface area contributed by atoms with Crippen LogP contribution in [0.3, 0.4) is 0 Å². The van der Waals surface area contributed by atoms with Crippen LogP contribution in [0.4, 0.5) is 13.2 Å². The van der Waals surface area contributed by atoms with Crippen LogP contribution in [0.25, 0.3) is 0 Å². The number of rotatable bonds is 3. The molecule has 6 heteroatoms.